The molecule has 0 radical (unpaired) electrons. The number of benzene rings is 1. The zero-order chi connectivity index (χ0) is 22.1. The third-order valence-corrected chi connectivity index (χ3v) is 6.60. The SMILES string of the molecule is Cn1cc([C@H]2CCc3nc(C(=O)NCC(O)CN4CCc5ccccc5C4)cn3C2)cn1. The molecule has 0 fully saturated rings. The van der Waals surface area contributed by atoms with Crippen LogP contribution in [0.15, 0.2) is 42.9 Å². The number of aryl methyl sites for hydroxylation is 2. The highest BCUT2D eigenvalue weighted by Gasteiger charge is 2.25. The molecule has 1 unspecified atom stereocenters. The maximum Gasteiger partial charge on any atom is 0.271 e. The van der Waals surface area contributed by atoms with Gasteiger partial charge in [0.05, 0.1) is 12.3 Å². The number of hydrogen-bond acceptors (Lipinski definition) is 5. The van der Waals surface area contributed by atoms with Gasteiger partial charge in [-0.3, -0.25) is 14.4 Å². The van der Waals surface area contributed by atoms with Crippen LogP contribution in [-0.4, -0.2) is 61.0 Å². The average Bonchev–Trinajstić information content (AvgIpc) is 3.43. The highest BCUT2D eigenvalue weighted by molar-refractivity contribution is 5.92. The van der Waals surface area contributed by atoms with E-state index in [1.807, 2.05) is 24.1 Å². The fourth-order valence-electron chi connectivity index (χ4n) is 4.85. The van der Waals surface area contributed by atoms with Crippen LogP contribution in [0, 0.1) is 0 Å². The fraction of sp³-hybridized carbons (Fsp3) is 0.458. The molecule has 2 aliphatic heterocycles. The van der Waals surface area contributed by atoms with Gasteiger partial charge in [-0.2, -0.15) is 5.10 Å². The average molecular weight is 435 g/mol. The second kappa shape index (κ2) is 8.88. The standard InChI is InChI=1S/C24H30N6O2/c1-28-12-20(10-26-28)19-6-7-23-27-22(16-30(23)14-19)24(32)25-11-21(31)15-29-9-8-17-4-2-3-5-18(17)13-29/h2-5,10,12,16,19,21,31H,6-9,11,13-15H2,1H3,(H,25,32)/t19-,21?/m0/s1. The molecule has 0 saturated heterocycles. The molecule has 168 valence electrons. The lowest BCUT2D eigenvalue weighted by molar-refractivity contribution is 0.0838. The van der Waals surface area contributed by atoms with Gasteiger partial charge in [0, 0.05) is 64.5 Å². The first-order chi connectivity index (χ1) is 15.5. The summed E-state index contributed by atoms with van der Waals surface area (Å²) in [6.45, 7) is 3.33. The van der Waals surface area contributed by atoms with Gasteiger partial charge in [-0.15, -0.1) is 0 Å². The smallest absolute Gasteiger partial charge is 0.271 e. The minimum atomic E-state index is -0.614. The lowest BCUT2D eigenvalue weighted by Crippen LogP contribution is -2.42. The molecular formula is C24H30N6O2. The summed E-state index contributed by atoms with van der Waals surface area (Å²) in [6, 6.07) is 8.45. The monoisotopic (exact) mass is 434 g/mol. The largest absolute Gasteiger partial charge is 0.390 e. The molecule has 1 amide bonds. The van der Waals surface area contributed by atoms with Gasteiger partial charge in [0.1, 0.15) is 11.5 Å². The quantitative estimate of drug-likeness (QED) is 0.614. The molecule has 0 saturated carbocycles. The highest BCUT2D eigenvalue weighted by atomic mass is 16.3. The van der Waals surface area contributed by atoms with Crippen LogP contribution in [0.2, 0.25) is 0 Å². The zero-order valence-electron chi connectivity index (χ0n) is 18.4. The summed E-state index contributed by atoms with van der Waals surface area (Å²) in [5, 5.41) is 17.6. The van der Waals surface area contributed by atoms with Crippen molar-refractivity contribution in [3.63, 3.8) is 0 Å². The number of β-amino-alcohol motifs (C(OH)–C–C–N with tert-alkyl or cyclic N) is 1. The van der Waals surface area contributed by atoms with E-state index in [-0.39, 0.29) is 12.5 Å². The molecule has 32 heavy (non-hydrogen) atoms. The Labute approximate surface area is 187 Å². The molecule has 2 aliphatic rings. The van der Waals surface area contributed by atoms with E-state index >= 15 is 0 Å². The Hall–Kier alpha value is -2.97. The highest BCUT2D eigenvalue weighted by Crippen LogP contribution is 2.28. The van der Waals surface area contributed by atoms with Crippen LogP contribution in [0.3, 0.4) is 0 Å². The van der Waals surface area contributed by atoms with Crippen LogP contribution < -0.4 is 5.32 Å². The lowest BCUT2D eigenvalue weighted by atomic mass is 9.94. The summed E-state index contributed by atoms with van der Waals surface area (Å²) in [7, 11) is 1.93. The number of aliphatic hydroxyl groups excluding tert-OH is 1. The Morgan fingerprint density at radius 2 is 2.09 bits per heavy atom. The van der Waals surface area contributed by atoms with Crippen molar-refractivity contribution in [1.82, 2.24) is 29.5 Å². The molecule has 4 heterocycles. The predicted octanol–water partition coefficient (Wildman–Crippen LogP) is 1.50. The molecule has 0 aliphatic carbocycles. The lowest BCUT2D eigenvalue weighted by Gasteiger charge is -2.30. The summed E-state index contributed by atoms with van der Waals surface area (Å²) >= 11 is 0. The van der Waals surface area contributed by atoms with Crippen LogP contribution in [0.25, 0.3) is 0 Å². The number of imidazole rings is 1. The topological polar surface area (TPSA) is 88.2 Å². The van der Waals surface area contributed by atoms with Crippen LogP contribution >= 0.6 is 0 Å². The van der Waals surface area contributed by atoms with Gasteiger partial charge < -0.3 is 15.0 Å². The molecule has 0 bridgehead atoms. The van der Waals surface area contributed by atoms with Gasteiger partial charge in [0.25, 0.3) is 5.91 Å². The molecule has 8 heteroatoms. The number of aromatic nitrogens is 4. The number of carbonyl (C=O) groups is 1. The summed E-state index contributed by atoms with van der Waals surface area (Å²) in [5.74, 6) is 1.11. The molecule has 2 aromatic heterocycles. The van der Waals surface area contributed by atoms with Gasteiger partial charge in [-0.05, 0) is 29.5 Å². The Balaban J connectivity index is 1.13. The fourth-order valence-corrected chi connectivity index (χ4v) is 4.85. The van der Waals surface area contributed by atoms with Crippen molar-refractivity contribution < 1.29 is 9.90 Å². The number of amides is 1. The van der Waals surface area contributed by atoms with E-state index in [2.05, 4.69) is 55.3 Å². The second-order valence-electron chi connectivity index (χ2n) is 9.00. The number of fused-ring (bicyclic) bond motifs is 2. The van der Waals surface area contributed by atoms with Crippen LogP contribution in [0.5, 0.6) is 0 Å². The number of nitrogens with zero attached hydrogens (tertiary/aromatic N) is 5. The van der Waals surface area contributed by atoms with E-state index in [9.17, 15) is 9.90 Å². The summed E-state index contributed by atoms with van der Waals surface area (Å²) < 4.78 is 3.91. The van der Waals surface area contributed by atoms with E-state index in [0.29, 0.717) is 18.2 Å². The van der Waals surface area contributed by atoms with Crippen molar-refractivity contribution >= 4 is 5.91 Å². The third kappa shape index (κ3) is 4.47. The number of aliphatic hydroxyl groups is 1. The van der Waals surface area contributed by atoms with Crippen molar-refractivity contribution in [3.05, 3.63) is 71.1 Å². The number of rotatable bonds is 6. The first kappa shape index (κ1) is 20.9. The molecule has 5 rings (SSSR count). The van der Waals surface area contributed by atoms with E-state index in [4.69, 9.17) is 0 Å². The summed E-state index contributed by atoms with van der Waals surface area (Å²) in [4.78, 5) is 19.4. The minimum Gasteiger partial charge on any atom is -0.390 e. The molecule has 2 N–H and O–H groups in total. The second-order valence-corrected chi connectivity index (χ2v) is 9.00. The first-order valence-electron chi connectivity index (χ1n) is 11.3. The van der Waals surface area contributed by atoms with E-state index in [0.717, 1.165) is 44.7 Å². The molecule has 8 nitrogen and oxygen atoms in total. The van der Waals surface area contributed by atoms with E-state index < -0.39 is 6.10 Å². The van der Waals surface area contributed by atoms with E-state index in [1.54, 1.807) is 0 Å². The van der Waals surface area contributed by atoms with Gasteiger partial charge in [-0.1, -0.05) is 24.3 Å². The number of nitrogens with one attached hydrogen (secondary N) is 1. The molecule has 1 aromatic carbocycles. The van der Waals surface area contributed by atoms with Crippen molar-refractivity contribution in [2.24, 2.45) is 7.05 Å². The van der Waals surface area contributed by atoms with Crippen molar-refractivity contribution in [3.8, 4) is 0 Å². The van der Waals surface area contributed by atoms with E-state index in [1.165, 1.54) is 16.7 Å². The van der Waals surface area contributed by atoms with Crippen LogP contribution in [0.1, 0.15) is 45.3 Å². The zero-order valence-corrected chi connectivity index (χ0v) is 18.4. The Morgan fingerprint density at radius 1 is 1.25 bits per heavy atom. The molecular weight excluding hydrogens is 404 g/mol. The maximum atomic E-state index is 12.7. The van der Waals surface area contributed by atoms with Crippen molar-refractivity contribution in [2.45, 2.75) is 44.4 Å². The predicted molar refractivity (Wildman–Crippen MR) is 120 cm³/mol. The van der Waals surface area contributed by atoms with Gasteiger partial charge >= 0.3 is 0 Å². The Bertz CT molecular complexity index is 1100. The number of hydrogen-bond donors (Lipinski definition) is 2. The molecule has 3 aromatic rings. The van der Waals surface area contributed by atoms with Crippen molar-refractivity contribution in [2.75, 3.05) is 19.6 Å². The van der Waals surface area contributed by atoms with Gasteiger partial charge in [0.2, 0.25) is 0 Å². The molecule has 0 spiro atoms. The minimum absolute atomic E-state index is 0.220. The van der Waals surface area contributed by atoms with Gasteiger partial charge in [0.15, 0.2) is 0 Å². The Kier molecular flexibility index (Phi) is 5.80. The first-order valence-corrected chi connectivity index (χ1v) is 11.3. The number of carbonyl (C=O) groups excluding carboxylic acids is 1. The van der Waals surface area contributed by atoms with Crippen LogP contribution in [0.4, 0.5) is 0 Å². The summed E-state index contributed by atoms with van der Waals surface area (Å²) in [5.41, 5.74) is 4.36. The molecule has 2 atom stereocenters. The third-order valence-electron chi connectivity index (χ3n) is 6.60. The van der Waals surface area contributed by atoms with Crippen LogP contribution in [-0.2, 0) is 33.0 Å². The normalized spacial score (nSPS) is 19.2. The van der Waals surface area contributed by atoms with Gasteiger partial charge in [-0.25, -0.2) is 4.98 Å². The summed E-state index contributed by atoms with van der Waals surface area (Å²) in [6.07, 6.45) is 8.03. The van der Waals surface area contributed by atoms with Crippen molar-refractivity contribution in [1.29, 1.82) is 0 Å². The Morgan fingerprint density at radius 3 is 2.91 bits per heavy atom. The maximum absolute atomic E-state index is 12.7.